The highest BCUT2D eigenvalue weighted by molar-refractivity contribution is 8.00. The molecule has 0 aliphatic carbocycles. The first kappa shape index (κ1) is 13.4. The number of rotatable bonds is 3. The Balaban J connectivity index is 2.36. The number of nitrogens with zero attached hydrogens (tertiary/aromatic N) is 1. The summed E-state index contributed by atoms with van der Waals surface area (Å²) in [5, 5.41) is 0. The van der Waals surface area contributed by atoms with E-state index >= 15 is 0 Å². The van der Waals surface area contributed by atoms with Crippen LogP contribution in [-0.4, -0.2) is 25.3 Å². The minimum atomic E-state index is 0.166. The molecule has 0 aromatic heterocycles. The number of carbonyl (C=O) groups excluding carboxylic acids is 1. The Kier molecular flexibility index (Phi) is 3.97. The highest BCUT2D eigenvalue weighted by atomic mass is 32.2. The van der Waals surface area contributed by atoms with Crippen LogP contribution in [0, 0.1) is 5.92 Å². The molecule has 0 bridgehead atoms. The summed E-state index contributed by atoms with van der Waals surface area (Å²) in [6, 6.07) is 6.34. The molecule has 1 aromatic carbocycles. The third-order valence-corrected chi connectivity index (χ3v) is 4.59. The van der Waals surface area contributed by atoms with Crippen LogP contribution in [-0.2, 0) is 4.79 Å². The van der Waals surface area contributed by atoms with Crippen molar-refractivity contribution in [2.75, 3.05) is 24.2 Å². The molecule has 1 atom stereocenters. The van der Waals surface area contributed by atoms with Gasteiger partial charge in [0.2, 0.25) is 5.91 Å². The Morgan fingerprint density at radius 2 is 2.17 bits per heavy atom. The van der Waals surface area contributed by atoms with Gasteiger partial charge in [0.15, 0.2) is 0 Å². The molecule has 4 heteroatoms. The molecule has 1 unspecified atom stereocenters. The first-order chi connectivity index (χ1) is 8.54. The lowest BCUT2D eigenvalue weighted by Gasteiger charge is -2.27. The number of nitrogens with two attached hydrogens (primary N) is 1. The van der Waals surface area contributed by atoms with Gasteiger partial charge in [0.1, 0.15) is 0 Å². The van der Waals surface area contributed by atoms with Gasteiger partial charge in [-0.25, -0.2) is 0 Å². The standard InChI is InChI=1S/C14H20N2OS/c1-9(2)11(7-15)10-4-5-12-13(6-10)18-8-14(17)16(12)3/h4-6,9,11H,7-8,15H2,1-3H3. The maximum atomic E-state index is 11.6. The molecule has 18 heavy (non-hydrogen) atoms. The van der Waals surface area contributed by atoms with E-state index in [-0.39, 0.29) is 5.91 Å². The Morgan fingerprint density at radius 3 is 2.78 bits per heavy atom. The number of carbonyl (C=O) groups is 1. The lowest BCUT2D eigenvalue weighted by Crippen LogP contribution is -2.31. The van der Waals surface area contributed by atoms with Crippen molar-refractivity contribution in [1.29, 1.82) is 0 Å². The molecule has 0 saturated carbocycles. The van der Waals surface area contributed by atoms with E-state index in [0.29, 0.717) is 24.1 Å². The van der Waals surface area contributed by atoms with Crippen LogP contribution >= 0.6 is 11.8 Å². The van der Waals surface area contributed by atoms with Crippen molar-refractivity contribution in [1.82, 2.24) is 0 Å². The van der Waals surface area contributed by atoms with Crippen molar-refractivity contribution in [2.45, 2.75) is 24.7 Å². The van der Waals surface area contributed by atoms with E-state index in [0.717, 1.165) is 5.69 Å². The van der Waals surface area contributed by atoms with E-state index in [2.05, 4.69) is 26.0 Å². The normalized spacial score (nSPS) is 16.9. The van der Waals surface area contributed by atoms with E-state index in [9.17, 15) is 4.79 Å². The summed E-state index contributed by atoms with van der Waals surface area (Å²) in [6.07, 6.45) is 0. The maximum absolute atomic E-state index is 11.6. The number of anilines is 1. The number of amides is 1. The van der Waals surface area contributed by atoms with E-state index in [4.69, 9.17) is 5.73 Å². The first-order valence-corrected chi connectivity index (χ1v) is 7.26. The molecule has 0 saturated heterocycles. The monoisotopic (exact) mass is 264 g/mol. The maximum Gasteiger partial charge on any atom is 0.237 e. The molecule has 1 aliphatic heterocycles. The number of hydrogen-bond acceptors (Lipinski definition) is 3. The lowest BCUT2D eigenvalue weighted by atomic mass is 9.88. The van der Waals surface area contributed by atoms with Crippen molar-refractivity contribution in [3.8, 4) is 0 Å². The third kappa shape index (κ3) is 2.40. The lowest BCUT2D eigenvalue weighted by molar-refractivity contribution is -0.116. The van der Waals surface area contributed by atoms with Crippen LogP contribution in [0.5, 0.6) is 0 Å². The second-order valence-corrected chi connectivity index (χ2v) is 6.07. The number of hydrogen-bond donors (Lipinski definition) is 1. The highest BCUT2D eigenvalue weighted by Gasteiger charge is 2.23. The molecule has 1 heterocycles. The Morgan fingerprint density at radius 1 is 1.44 bits per heavy atom. The third-order valence-electron chi connectivity index (χ3n) is 3.56. The zero-order valence-electron chi connectivity index (χ0n) is 11.1. The van der Waals surface area contributed by atoms with Gasteiger partial charge in [-0.1, -0.05) is 19.9 Å². The smallest absolute Gasteiger partial charge is 0.237 e. The SMILES string of the molecule is CC(C)C(CN)c1ccc2c(c1)SCC(=O)N2C. The zero-order valence-corrected chi connectivity index (χ0v) is 12.0. The van der Waals surface area contributed by atoms with Crippen LogP contribution in [0.3, 0.4) is 0 Å². The molecule has 3 nitrogen and oxygen atoms in total. The van der Waals surface area contributed by atoms with Gasteiger partial charge in [0.25, 0.3) is 0 Å². The first-order valence-electron chi connectivity index (χ1n) is 6.28. The van der Waals surface area contributed by atoms with Crippen LogP contribution in [0.1, 0.15) is 25.3 Å². The van der Waals surface area contributed by atoms with Crippen molar-refractivity contribution in [2.24, 2.45) is 11.7 Å². The molecule has 2 rings (SSSR count). The largest absolute Gasteiger partial charge is 0.330 e. The zero-order chi connectivity index (χ0) is 13.3. The molecule has 1 amide bonds. The summed E-state index contributed by atoms with van der Waals surface area (Å²) in [5.74, 6) is 1.61. The molecule has 1 aliphatic rings. The van der Waals surface area contributed by atoms with Crippen LogP contribution in [0.25, 0.3) is 0 Å². The molecule has 0 spiro atoms. The van der Waals surface area contributed by atoms with E-state index in [1.54, 1.807) is 16.7 Å². The summed E-state index contributed by atoms with van der Waals surface area (Å²) < 4.78 is 0. The van der Waals surface area contributed by atoms with Crippen LogP contribution in [0.4, 0.5) is 5.69 Å². The minimum absolute atomic E-state index is 0.166. The second-order valence-electron chi connectivity index (χ2n) is 5.05. The quantitative estimate of drug-likeness (QED) is 0.912. The summed E-state index contributed by atoms with van der Waals surface area (Å²) in [6.45, 7) is 5.05. The van der Waals surface area contributed by atoms with Gasteiger partial charge in [0, 0.05) is 11.9 Å². The topological polar surface area (TPSA) is 46.3 Å². The number of fused-ring (bicyclic) bond motifs is 1. The Hall–Kier alpha value is -1.00. The van der Waals surface area contributed by atoms with Gasteiger partial charge in [0.05, 0.1) is 11.4 Å². The second kappa shape index (κ2) is 5.33. The van der Waals surface area contributed by atoms with E-state index in [1.165, 1.54) is 10.5 Å². The number of benzene rings is 1. The fourth-order valence-corrected chi connectivity index (χ4v) is 3.36. The van der Waals surface area contributed by atoms with Gasteiger partial charge in [-0.3, -0.25) is 4.79 Å². The predicted molar refractivity (Wildman–Crippen MR) is 77.2 cm³/mol. The van der Waals surface area contributed by atoms with Gasteiger partial charge < -0.3 is 10.6 Å². The molecule has 0 radical (unpaired) electrons. The molecule has 1 aromatic rings. The molecule has 98 valence electrons. The van der Waals surface area contributed by atoms with Crippen molar-refractivity contribution in [3.05, 3.63) is 23.8 Å². The van der Waals surface area contributed by atoms with Crippen molar-refractivity contribution >= 4 is 23.4 Å². The Labute approximate surface area is 113 Å². The fraction of sp³-hybridized carbons (Fsp3) is 0.500. The van der Waals surface area contributed by atoms with E-state index < -0.39 is 0 Å². The predicted octanol–water partition coefficient (Wildman–Crippen LogP) is 2.45. The highest BCUT2D eigenvalue weighted by Crippen LogP contribution is 2.37. The van der Waals surface area contributed by atoms with Crippen molar-refractivity contribution < 1.29 is 4.79 Å². The minimum Gasteiger partial charge on any atom is -0.330 e. The van der Waals surface area contributed by atoms with E-state index in [1.807, 2.05) is 13.1 Å². The summed E-state index contributed by atoms with van der Waals surface area (Å²) >= 11 is 1.62. The van der Waals surface area contributed by atoms with Gasteiger partial charge >= 0.3 is 0 Å². The molecule has 0 fully saturated rings. The summed E-state index contributed by atoms with van der Waals surface area (Å²) in [7, 11) is 1.84. The fourth-order valence-electron chi connectivity index (χ4n) is 2.32. The van der Waals surface area contributed by atoms with Gasteiger partial charge in [-0.05, 0) is 36.1 Å². The average Bonchev–Trinajstić information content (AvgIpc) is 2.34. The molecular formula is C14H20N2OS. The van der Waals surface area contributed by atoms with Crippen LogP contribution in [0.2, 0.25) is 0 Å². The Bertz CT molecular complexity index is 459. The molecule has 2 N–H and O–H groups in total. The number of thioether (sulfide) groups is 1. The summed E-state index contributed by atoms with van der Waals surface area (Å²) in [4.78, 5) is 14.6. The average molecular weight is 264 g/mol. The van der Waals surface area contributed by atoms with Crippen LogP contribution in [0.15, 0.2) is 23.1 Å². The van der Waals surface area contributed by atoms with Gasteiger partial charge in [-0.2, -0.15) is 0 Å². The van der Waals surface area contributed by atoms with Crippen LogP contribution < -0.4 is 10.6 Å². The van der Waals surface area contributed by atoms with Crippen molar-refractivity contribution in [3.63, 3.8) is 0 Å². The summed E-state index contributed by atoms with van der Waals surface area (Å²) in [5.41, 5.74) is 8.15. The van der Waals surface area contributed by atoms with Gasteiger partial charge in [-0.15, -0.1) is 11.8 Å². The molecular weight excluding hydrogens is 244 g/mol.